The zero-order valence-electron chi connectivity index (χ0n) is 16.2. The molecule has 0 bridgehead atoms. The Labute approximate surface area is 159 Å². The van der Waals surface area contributed by atoms with Crippen LogP contribution >= 0.6 is 0 Å². The van der Waals surface area contributed by atoms with Gasteiger partial charge in [-0.25, -0.2) is 9.78 Å². The van der Waals surface area contributed by atoms with E-state index in [1.807, 2.05) is 49.6 Å². The van der Waals surface area contributed by atoms with Gasteiger partial charge in [0.2, 0.25) is 5.91 Å². The van der Waals surface area contributed by atoms with Crippen LogP contribution in [0, 0.1) is 19.8 Å². The van der Waals surface area contributed by atoms with Gasteiger partial charge in [-0.05, 0) is 57.9 Å². The van der Waals surface area contributed by atoms with Gasteiger partial charge in [-0.15, -0.1) is 0 Å². The molecule has 3 amide bonds. The van der Waals surface area contributed by atoms with E-state index in [4.69, 9.17) is 0 Å². The molecule has 0 unspecified atom stereocenters. The van der Waals surface area contributed by atoms with Crippen LogP contribution in [0.15, 0.2) is 30.6 Å². The third-order valence-electron chi connectivity index (χ3n) is 5.15. The zero-order chi connectivity index (χ0) is 19.4. The number of carbonyl (C=O) groups is 2. The van der Waals surface area contributed by atoms with E-state index in [0.29, 0.717) is 32.5 Å². The molecule has 27 heavy (non-hydrogen) atoms. The molecule has 2 aromatic rings. The molecule has 0 aliphatic carbocycles. The quantitative estimate of drug-likeness (QED) is 0.870. The lowest BCUT2D eigenvalue weighted by molar-refractivity contribution is -0.121. The maximum atomic E-state index is 12.5. The lowest BCUT2D eigenvalue weighted by Crippen LogP contribution is -2.46. The minimum atomic E-state index is -0.0612. The van der Waals surface area contributed by atoms with Gasteiger partial charge in [-0.3, -0.25) is 4.79 Å². The first-order valence-corrected chi connectivity index (χ1v) is 9.44. The lowest BCUT2D eigenvalue weighted by Gasteiger charge is -2.31. The number of piperidine rings is 1. The van der Waals surface area contributed by atoms with E-state index in [-0.39, 0.29) is 17.9 Å². The number of carbonyl (C=O) groups excluding carboxylic acids is 2. The number of anilines is 1. The van der Waals surface area contributed by atoms with E-state index in [0.717, 1.165) is 22.8 Å². The van der Waals surface area contributed by atoms with Crippen LogP contribution in [0.1, 0.15) is 31.2 Å². The topological polar surface area (TPSA) is 79.3 Å². The average molecular weight is 369 g/mol. The van der Waals surface area contributed by atoms with Crippen LogP contribution in [-0.4, -0.2) is 46.0 Å². The summed E-state index contributed by atoms with van der Waals surface area (Å²) in [4.78, 5) is 30.5. The van der Waals surface area contributed by atoms with E-state index < -0.39 is 0 Å². The highest BCUT2D eigenvalue weighted by Gasteiger charge is 2.27. The van der Waals surface area contributed by atoms with Crippen LogP contribution in [0.5, 0.6) is 0 Å². The molecule has 0 atom stereocenters. The van der Waals surface area contributed by atoms with Crippen molar-refractivity contribution in [2.24, 2.45) is 5.92 Å². The Balaban J connectivity index is 1.56. The molecular weight excluding hydrogens is 342 g/mol. The first-order chi connectivity index (χ1) is 13.0. The molecular formula is C20H27N5O2. The number of aryl methyl sites for hydroxylation is 1. The number of rotatable bonds is 4. The predicted octanol–water partition coefficient (Wildman–Crippen LogP) is 2.87. The highest BCUT2D eigenvalue weighted by atomic mass is 16.2. The largest absolute Gasteiger partial charge is 0.338 e. The molecule has 7 heteroatoms. The molecule has 1 aliphatic rings. The van der Waals surface area contributed by atoms with Gasteiger partial charge >= 0.3 is 6.03 Å². The van der Waals surface area contributed by atoms with Crippen molar-refractivity contribution in [3.05, 3.63) is 42.0 Å². The first kappa shape index (κ1) is 18.9. The average Bonchev–Trinajstić information content (AvgIpc) is 3.01. The molecule has 144 valence electrons. The first-order valence-electron chi connectivity index (χ1n) is 9.44. The van der Waals surface area contributed by atoms with Gasteiger partial charge in [0.15, 0.2) is 0 Å². The standard InChI is InChI=1S/C20H27N5O2/c1-4-21-20(27)24-11-9-16(10-12-24)19(26)23-17-5-7-18(8-6-17)25-13-22-14(2)15(25)3/h5-8,13,16H,4,9-12H2,1-3H3,(H,21,27)(H,23,26). The lowest BCUT2D eigenvalue weighted by atomic mass is 9.96. The predicted molar refractivity (Wildman–Crippen MR) is 105 cm³/mol. The van der Waals surface area contributed by atoms with Crippen molar-refractivity contribution in [1.82, 2.24) is 19.8 Å². The molecule has 2 N–H and O–H groups in total. The van der Waals surface area contributed by atoms with Crippen LogP contribution in [-0.2, 0) is 4.79 Å². The third-order valence-corrected chi connectivity index (χ3v) is 5.15. The Morgan fingerprint density at radius 3 is 2.37 bits per heavy atom. The second-order valence-electron chi connectivity index (χ2n) is 6.92. The minimum Gasteiger partial charge on any atom is -0.338 e. The molecule has 1 aromatic heterocycles. The number of nitrogens with one attached hydrogen (secondary N) is 2. The Hall–Kier alpha value is -2.83. The van der Waals surface area contributed by atoms with Gasteiger partial charge in [0, 0.05) is 42.6 Å². The van der Waals surface area contributed by atoms with E-state index in [1.54, 1.807) is 11.2 Å². The highest BCUT2D eigenvalue weighted by Crippen LogP contribution is 2.21. The molecule has 2 heterocycles. The van der Waals surface area contributed by atoms with E-state index >= 15 is 0 Å². The van der Waals surface area contributed by atoms with Gasteiger partial charge in [0.05, 0.1) is 12.0 Å². The molecule has 1 aliphatic heterocycles. The van der Waals surface area contributed by atoms with Gasteiger partial charge in [0.25, 0.3) is 0 Å². The van der Waals surface area contributed by atoms with E-state index in [2.05, 4.69) is 15.6 Å². The minimum absolute atomic E-state index is 0.0213. The molecule has 3 rings (SSSR count). The summed E-state index contributed by atoms with van der Waals surface area (Å²) in [6.45, 7) is 7.76. The van der Waals surface area contributed by atoms with Crippen LogP contribution < -0.4 is 10.6 Å². The summed E-state index contributed by atoms with van der Waals surface area (Å²) in [5, 5.41) is 5.80. The summed E-state index contributed by atoms with van der Waals surface area (Å²) in [6, 6.07) is 7.72. The molecule has 0 saturated carbocycles. The van der Waals surface area contributed by atoms with Crippen molar-refractivity contribution in [2.45, 2.75) is 33.6 Å². The van der Waals surface area contributed by atoms with Crippen LogP contribution in [0.25, 0.3) is 5.69 Å². The van der Waals surface area contributed by atoms with Crippen molar-refractivity contribution in [1.29, 1.82) is 0 Å². The van der Waals surface area contributed by atoms with Crippen molar-refractivity contribution >= 4 is 17.6 Å². The third kappa shape index (κ3) is 4.30. The van der Waals surface area contributed by atoms with Gasteiger partial charge < -0.3 is 20.1 Å². The number of imidazole rings is 1. The number of aromatic nitrogens is 2. The number of amides is 3. The Kier molecular flexibility index (Phi) is 5.78. The Morgan fingerprint density at radius 1 is 1.15 bits per heavy atom. The summed E-state index contributed by atoms with van der Waals surface area (Å²) in [5.41, 5.74) is 3.91. The fourth-order valence-electron chi connectivity index (χ4n) is 3.32. The normalized spacial score (nSPS) is 14.9. The SMILES string of the molecule is CCNC(=O)N1CCC(C(=O)Nc2ccc(-n3cnc(C)c3C)cc2)CC1. The van der Waals surface area contributed by atoms with E-state index in [9.17, 15) is 9.59 Å². The van der Waals surface area contributed by atoms with Gasteiger partial charge in [-0.2, -0.15) is 0 Å². The van der Waals surface area contributed by atoms with Crippen LogP contribution in [0.4, 0.5) is 10.5 Å². The number of urea groups is 1. The van der Waals surface area contributed by atoms with Crippen molar-refractivity contribution in [3.63, 3.8) is 0 Å². The molecule has 0 radical (unpaired) electrons. The number of nitrogens with zero attached hydrogens (tertiary/aromatic N) is 3. The fraction of sp³-hybridized carbons (Fsp3) is 0.450. The van der Waals surface area contributed by atoms with Crippen molar-refractivity contribution in [3.8, 4) is 5.69 Å². The maximum Gasteiger partial charge on any atom is 0.317 e. The summed E-state index contributed by atoms with van der Waals surface area (Å²) in [7, 11) is 0. The van der Waals surface area contributed by atoms with Crippen LogP contribution in [0.2, 0.25) is 0 Å². The maximum absolute atomic E-state index is 12.5. The van der Waals surface area contributed by atoms with Gasteiger partial charge in [-0.1, -0.05) is 0 Å². The highest BCUT2D eigenvalue weighted by molar-refractivity contribution is 5.92. The summed E-state index contributed by atoms with van der Waals surface area (Å²) >= 11 is 0. The Bertz CT molecular complexity index is 804. The van der Waals surface area contributed by atoms with Gasteiger partial charge in [0.1, 0.15) is 0 Å². The van der Waals surface area contributed by atoms with Crippen molar-refractivity contribution < 1.29 is 9.59 Å². The molecule has 7 nitrogen and oxygen atoms in total. The monoisotopic (exact) mass is 369 g/mol. The summed E-state index contributed by atoms with van der Waals surface area (Å²) < 4.78 is 2.03. The summed E-state index contributed by atoms with van der Waals surface area (Å²) in [6.07, 6.45) is 3.18. The van der Waals surface area contributed by atoms with Crippen molar-refractivity contribution in [2.75, 3.05) is 25.0 Å². The smallest absolute Gasteiger partial charge is 0.317 e. The second-order valence-corrected chi connectivity index (χ2v) is 6.92. The number of hydrogen-bond donors (Lipinski definition) is 2. The molecule has 0 spiro atoms. The number of benzene rings is 1. The fourth-order valence-corrected chi connectivity index (χ4v) is 3.32. The number of hydrogen-bond acceptors (Lipinski definition) is 3. The Morgan fingerprint density at radius 2 is 1.81 bits per heavy atom. The summed E-state index contributed by atoms with van der Waals surface area (Å²) in [5.74, 6) is -0.0400. The number of likely N-dealkylation sites (tertiary alicyclic amines) is 1. The second kappa shape index (κ2) is 8.24. The molecule has 1 fully saturated rings. The van der Waals surface area contributed by atoms with E-state index in [1.165, 1.54) is 0 Å². The molecule has 1 aromatic carbocycles. The zero-order valence-corrected chi connectivity index (χ0v) is 16.2. The molecule has 1 saturated heterocycles. The van der Waals surface area contributed by atoms with Crippen LogP contribution in [0.3, 0.4) is 0 Å².